The van der Waals surface area contributed by atoms with Crippen LogP contribution in [-0.2, 0) is 43.3 Å². The quantitative estimate of drug-likeness (QED) is 0.126. The van der Waals surface area contributed by atoms with Crippen molar-refractivity contribution in [2.24, 2.45) is 17.8 Å². The molecule has 4 amide bonds. The summed E-state index contributed by atoms with van der Waals surface area (Å²) in [6.07, 6.45) is 4.31. The first-order valence-electron chi connectivity index (χ1n) is 20.2. The molecule has 0 saturated carbocycles. The Hall–Kier alpha value is -4.78. The molecule has 2 heterocycles. The Morgan fingerprint density at radius 3 is 2.25 bits per heavy atom. The number of likely N-dealkylation sites (tertiary alicyclic amines) is 1. The fourth-order valence-electron chi connectivity index (χ4n) is 7.39. The first kappa shape index (κ1) is 44.9. The third-order valence-corrected chi connectivity index (χ3v) is 11.9. The van der Waals surface area contributed by atoms with Crippen LogP contribution in [0.15, 0.2) is 66.0 Å². The Morgan fingerprint density at radius 2 is 1.61 bits per heavy atom. The van der Waals surface area contributed by atoms with Gasteiger partial charge in [-0.1, -0.05) is 102 Å². The number of carbonyl (C=O) groups is 5. The summed E-state index contributed by atoms with van der Waals surface area (Å²) >= 11 is 1.40. The number of esters is 1. The Kier molecular flexibility index (Phi) is 17.5. The molecule has 1 saturated heterocycles. The third kappa shape index (κ3) is 13.1. The minimum atomic E-state index is -0.779. The van der Waals surface area contributed by atoms with Gasteiger partial charge in [0.25, 0.3) is 5.91 Å². The molecule has 1 aliphatic rings. The normalized spacial score (nSPS) is 16.8. The molecule has 13 heteroatoms. The average Bonchev–Trinajstić information content (AvgIpc) is 3.70. The van der Waals surface area contributed by atoms with E-state index in [4.69, 9.17) is 9.47 Å². The number of rotatable bonds is 19. The second-order valence-electron chi connectivity index (χ2n) is 15.6. The van der Waals surface area contributed by atoms with Crippen molar-refractivity contribution in [3.8, 4) is 0 Å². The number of aromatic nitrogens is 1. The first-order chi connectivity index (χ1) is 27.3. The van der Waals surface area contributed by atoms with E-state index >= 15 is 0 Å². The van der Waals surface area contributed by atoms with Gasteiger partial charge in [0, 0.05) is 37.5 Å². The van der Waals surface area contributed by atoms with E-state index < -0.39 is 24.1 Å². The van der Waals surface area contributed by atoms with Crippen LogP contribution >= 0.6 is 11.3 Å². The lowest BCUT2D eigenvalue weighted by molar-refractivity contribution is -0.145. The topological polar surface area (TPSA) is 147 Å². The molecule has 0 radical (unpaired) electrons. The SMILES string of the molecule is CC[C@H](C)[C@H](NC(=O)[C@H]1CCCCN1C(=O)OCc1ccccc1)C(=O)N(C)[C@H](CCc1nc(C(=O)N[C@@H](Cc2ccccc2)C[C@H](C)C(=O)OC)cs1)C(C)C. The number of benzene rings is 2. The van der Waals surface area contributed by atoms with Gasteiger partial charge in [0.15, 0.2) is 0 Å². The van der Waals surface area contributed by atoms with Gasteiger partial charge in [-0.25, -0.2) is 9.78 Å². The van der Waals surface area contributed by atoms with Crippen molar-refractivity contribution < 1.29 is 33.4 Å². The van der Waals surface area contributed by atoms with Crippen molar-refractivity contribution in [3.63, 3.8) is 0 Å². The molecule has 0 spiro atoms. The molecule has 57 heavy (non-hydrogen) atoms. The molecule has 1 fully saturated rings. The van der Waals surface area contributed by atoms with Crippen LogP contribution < -0.4 is 10.6 Å². The van der Waals surface area contributed by atoms with Crippen LogP contribution in [0.5, 0.6) is 0 Å². The van der Waals surface area contributed by atoms with Crippen LogP contribution in [0.4, 0.5) is 4.79 Å². The third-order valence-electron chi connectivity index (χ3n) is 11.0. The van der Waals surface area contributed by atoms with E-state index in [1.165, 1.54) is 23.3 Å². The van der Waals surface area contributed by atoms with Gasteiger partial charge in [0.05, 0.1) is 18.0 Å². The van der Waals surface area contributed by atoms with Gasteiger partial charge in [-0.15, -0.1) is 11.3 Å². The van der Waals surface area contributed by atoms with E-state index in [0.717, 1.165) is 29.0 Å². The van der Waals surface area contributed by atoms with Gasteiger partial charge in [-0.3, -0.25) is 24.1 Å². The molecule has 1 aliphatic heterocycles. The van der Waals surface area contributed by atoms with Gasteiger partial charge in [0.2, 0.25) is 11.8 Å². The summed E-state index contributed by atoms with van der Waals surface area (Å²) in [6, 6.07) is 17.2. The van der Waals surface area contributed by atoms with Crippen LogP contribution in [0.2, 0.25) is 0 Å². The van der Waals surface area contributed by atoms with Gasteiger partial charge in [-0.05, 0) is 61.5 Å². The smallest absolute Gasteiger partial charge is 0.410 e. The Balaban J connectivity index is 1.39. The molecule has 2 N–H and O–H groups in total. The van der Waals surface area contributed by atoms with Crippen molar-refractivity contribution in [2.75, 3.05) is 20.7 Å². The number of piperidine rings is 1. The number of methoxy groups -OCH3 is 1. The summed E-state index contributed by atoms with van der Waals surface area (Å²) in [5, 5.41) is 8.66. The zero-order chi connectivity index (χ0) is 41.5. The minimum Gasteiger partial charge on any atom is -0.469 e. The van der Waals surface area contributed by atoms with E-state index in [0.29, 0.717) is 50.8 Å². The predicted molar refractivity (Wildman–Crippen MR) is 221 cm³/mol. The van der Waals surface area contributed by atoms with Gasteiger partial charge in [0.1, 0.15) is 24.4 Å². The summed E-state index contributed by atoms with van der Waals surface area (Å²) in [7, 11) is 3.14. The van der Waals surface area contributed by atoms with Crippen LogP contribution in [0.1, 0.15) is 99.8 Å². The van der Waals surface area contributed by atoms with Crippen molar-refractivity contribution in [3.05, 3.63) is 87.9 Å². The number of hydrogen-bond donors (Lipinski definition) is 2. The van der Waals surface area contributed by atoms with Crippen LogP contribution in [-0.4, -0.2) is 89.4 Å². The van der Waals surface area contributed by atoms with Crippen LogP contribution in [0.3, 0.4) is 0 Å². The van der Waals surface area contributed by atoms with E-state index in [1.54, 1.807) is 24.3 Å². The number of nitrogens with zero attached hydrogens (tertiary/aromatic N) is 3. The fraction of sp³-hybridized carbons (Fsp3) is 0.545. The number of hydrogen-bond acceptors (Lipinski definition) is 9. The number of thiazole rings is 1. The van der Waals surface area contributed by atoms with Crippen molar-refractivity contribution in [1.29, 1.82) is 0 Å². The molecule has 0 bridgehead atoms. The zero-order valence-electron chi connectivity index (χ0n) is 34.6. The molecule has 0 unspecified atom stereocenters. The number of aryl methyl sites for hydroxylation is 1. The molecule has 4 rings (SSSR count). The lowest BCUT2D eigenvalue weighted by Gasteiger charge is -2.38. The molecule has 6 atom stereocenters. The number of amides is 4. The molecule has 310 valence electrons. The van der Waals surface area contributed by atoms with Gasteiger partial charge >= 0.3 is 12.1 Å². The molecule has 2 aromatic carbocycles. The highest BCUT2D eigenvalue weighted by atomic mass is 32.1. The molecular formula is C44H61N5O7S. The largest absolute Gasteiger partial charge is 0.469 e. The van der Waals surface area contributed by atoms with Crippen molar-refractivity contribution in [1.82, 2.24) is 25.4 Å². The maximum atomic E-state index is 14.3. The second kappa shape index (κ2) is 22.2. The standard InChI is InChI=1S/C44H61N5O7S/c1-8-30(4)39(47-41(51)37-21-15-16-24-49(37)44(54)56-27-33-19-13-10-14-20-33)42(52)48(6)36(29(2)3)22-23-38-46-35(28-57-38)40(50)45-34(25-31(5)43(53)55-7)26-32-17-11-9-12-18-32/h9-14,17-20,28-31,34,36-37,39H,8,15-16,21-27H2,1-7H3,(H,45,50)(H,47,51)/t30-,31-,34+,36+,37+,39-/m0/s1. The second-order valence-corrected chi connectivity index (χ2v) is 16.5. The van der Waals surface area contributed by atoms with E-state index in [1.807, 2.05) is 74.5 Å². The summed E-state index contributed by atoms with van der Waals surface area (Å²) in [6.45, 7) is 10.4. The van der Waals surface area contributed by atoms with E-state index in [9.17, 15) is 24.0 Å². The van der Waals surface area contributed by atoms with Crippen LogP contribution in [0, 0.1) is 17.8 Å². The highest BCUT2D eigenvalue weighted by Crippen LogP contribution is 2.24. The minimum absolute atomic E-state index is 0.0960. The molecule has 0 aliphatic carbocycles. The van der Waals surface area contributed by atoms with Crippen molar-refractivity contribution >= 4 is 41.1 Å². The van der Waals surface area contributed by atoms with Crippen LogP contribution in [0.25, 0.3) is 0 Å². The number of likely N-dealkylation sites (N-methyl/N-ethyl adjacent to an activating group) is 1. The fourth-order valence-corrected chi connectivity index (χ4v) is 8.19. The van der Waals surface area contributed by atoms with Gasteiger partial charge in [-0.2, -0.15) is 0 Å². The maximum absolute atomic E-state index is 14.3. The average molecular weight is 804 g/mol. The highest BCUT2D eigenvalue weighted by Gasteiger charge is 2.38. The zero-order valence-corrected chi connectivity index (χ0v) is 35.4. The number of nitrogens with one attached hydrogen (secondary N) is 2. The number of ether oxygens (including phenoxy) is 2. The summed E-state index contributed by atoms with van der Waals surface area (Å²) in [5.74, 6) is -1.62. The van der Waals surface area contributed by atoms with Crippen molar-refractivity contribution in [2.45, 2.75) is 117 Å². The summed E-state index contributed by atoms with van der Waals surface area (Å²) in [4.78, 5) is 74.9. The molecule has 1 aromatic heterocycles. The van der Waals surface area contributed by atoms with Gasteiger partial charge < -0.3 is 25.0 Å². The number of carbonyl (C=O) groups excluding carboxylic acids is 5. The monoisotopic (exact) mass is 803 g/mol. The highest BCUT2D eigenvalue weighted by molar-refractivity contribution is 7.09. The lowest BCUT2D eigenvalue weighted by Crippen LogP contribution is -2.59. The molecule has 3 aromatic rings. The Morgan fingerprint density at radius 1 is 0.947 bits per heavy atom. The first-order valence-corrected chi connectivity index (χ1v) is 21.1. The summed E-state index contributed by atoms with van der Waals surface area (Å²) < 4.78 is 10.5. The summed E-state index contributed by atoms with van der Waals surface area (Å²) in [5.41, 5.74) is 2.22. The van der Waals surface area contributed by atoms with E-state index in [-0.39, 0.29) is 54.2 Å². The maximum Gasteiger partial charge on any atom is 0.410 e. The lowest BCUT2D eigenvalue weighted by atomic mass is 9.93. The predicted octanol–water partition coefficient (Wildman–Crippen LogP) is 6.82. The Labute approximate surface area is 342 Å². The molecule has 12 nitrogen and oxygen atoms in total. The Bertz CT molecular complexity index is 1750. The molecular weight excluding hydrogens is 743 g/mol. The van der Waals surface area contributed by atoms with E-state index in [2.05, 4.69) is 29.5 Å².